The topological polar surface area (TPSA) is 41.1 Å². The molecule has 2 N–H and O–H groups in total. The summed E-state index contributed by atoms with van der Waals surface area (Å²) in [6.07, 6.45) is 6.80. The molecule has 1 fully saturated rings. The summed E-state index contributed by atoms with van der Waals surface area (Å²) in [7, 11) is 0. The molecular formula is C15H30N2O. The molecule has 0 saturated heterocycles. The number of amides is 1. The largest absolute Gasteiger partial charge is 0.354 e. The van der Waals surface area contributed by atoms with Gasteiger partial charge in [0.15, 0.2) is 0 Å². The molecule has 0 aromatic carbocycles. The van der Waals surface area contributed by atoms with Crippen molar-refractivity contribution in [3.63, 3.8) is 0 Å². The lowest BCUT2D eigenvalue weighted by Gasteiger charge is -2.39. The summed E-state index contributed by atoms with van der Waals surface area (Å²) in [5, 5.41) is 6.58. The first-order valence-electron chi connectivity index (χ1n) is 7.48. The van der Waals surface area contributed by atoms with Gasteiger partial charge in [-0.2, -0.15) is 0 Å². The number of hydrogen-bond acceptors (Lipinski definition) is 2. The second-order valence-corrected chi connectivity index (χ2v) is 6.37. The molecule has 2 unspecified atom stereocenters. The summed E-state index contributed by atoms with van der Waals surface area (Å²) in [5.74, 6) is 0.172. The molecule has 0 aliphatic heterocycles. The Morgan fingerprint density at radius 3 is 2.72 bits per heavy atom. The Labute approximate surface area is 112 Å². The van der Waals surface area contributed by atoms with Gasteiger partial charge in [0.25, 0.3) is 0 Å². The highest BCUT2D eigenvalue weighted by Gasteiger charge is 2.31. The van der Waals surface area contributed by atoms with Gasteiger partial charge in [-0.15, -0.1) is 0 Å². The van der Waals surface area contributed by atoms with Crippen LogP contribution >= 0.6 is 0 Å². The first-order valence-corrected chi connectivity index (χ1v) is 7.48. The molecule has 3 nitrogen and oxygen atoms in total. The van der Waals surface area contributed by atoms with E-state index in [0.29, 0.717) is 23.9 Å². The van der Waals surface area contributed by atoms with E-state index in [-0.39, 0.29) is 5.91 Å². The Kier molecular flexibility index (Phi) is 6.13. The fourth-order valence-corrected chi connectivity index (χ4v) is 2.68. The van der Waals surface area contributed by atoms with Gasteiger partial charge in [-0.1, -0.05) is 33.6 Å². The van der Waals surface area contributed by atoms with E-state index in [4.69, 9.17) is 0 Å². The monoisotopic (exact) mass is 254 g/mol. The molecule has 0 aromatic heterocycles. The first kappa shape index (κ1) is 15.5. The Morgan fingerprint density at radius 2 is 2.11 bits per heavy atom. The minimum Gasteiger partial charge on any atom is -0.354 e. The van der Waals surface area contributed by atoms with Crippen LogP contribution in [0.25, 0.3) is 0 Å². The van der Waals surface area contributed by atoms with E-state index in [2.05, 4.69) is 38.3 Å². The highest BCUT2D eigenvalue weighted by Crippen LogP contribution is 2.35. The summed E-state index contributed by atoms with van der Waals surface area (Å²) in [6, 6.07) is 0.867. The quantitative estimate of drug-likeness (QED) is 0.765. The highest BCUT2D eigenvalue weighted by molar-refractivity contribution is 5.76. The molecule has 1 aliphatic carbocycles. The van der Waals surface area contributed by atoms with Crippen LogP contribution in [0.2, 0.25) is 0 Å². The van der Waals surface area contributed by atoms with Crippen LogP contribution in [0.5, 0.6) is 0 Å². The van der Waals surface area contributed by atoms with E-state index in [1.165, 1.54) is 25.7 Å². The lowest BCUT2D eigenvalue weighted by molar-refractivity contribution is -0.121. The number of rotatable bonds is 6. The maximum absolute atomic E-state index is 11.7. The third-order valence-corrected chi connectivity index (χ3v) is 4.27. The van der Waals surface area contributed by atoms with Crippen LogP contribution in [0.4, 0.5) is 0 Å². The van der Waals surface area contributed by atoms with E-state index >= 15 is 0 Å². The number of hydrogen-bond donors (Lipinski definition) is 2. The minimum atomic E-state index is 0.172. The van der Waals surface area contributed by atoms with Crippen LogP contribution in [0.15, 0.2) is 0 Å². The van der Waals surface area contributed by atoms with Gasteiger partial charge in [0, 0.05) is 25.0 Å². The SMILES string of the molecule is CCC(C)NC(=O)CCNC1CCCCC1(C)C. The lowest BCUT2D eigenvalue weighted by atomic mass is 9.73. The summed E-state index contributed by atoms with van der Waals surface area (Å²) in [6.45, 7) is 9.62. The van der Waals surface area contributed by atoms with Gasteiger partial charge >= 0.3 is 0 Å². The van der Waals surface area contributed by atoms with Crippen molar-refractivity contribution in [2.75, 3.05) is 6.54 Å². The Balaban J connectivity index is 2.22. The molecular weight excluding hydrogens is 224 g/mol. The Bertz CT molecular complexity index is 263. The first-order chi connectivity index (χ1) is 8.45. The maximum atomic E-state index is 11.7. The van der Waals surface area contributed by atoms with E-state index in [1.807, 2.05) is 0 Å². The van der Waals surface area contributed by atoms with E-state index in [9.17, 15) is 4.79 Å². The average molecular weight is 254 g/mol. The number of nitrogens with one attached hydrogen (secondary N) is 2. The summed E-state index contributed by atoms with van der Waals surface area (Å²) >= 11 is 0. The van der Waals surface area contributed by atoms with Crippen molar-refractivity contribution >= 4 is 5.91 Å². The second-order valence-electron chi connectivity index (χ2n) is 6.37. The fraction of sp³-hybridized carbons (Fsp3) is 0.933. The van der Waals surface area contributed by atoms with Gasteiger partial charge in [-0.05, 0) is 31.6 Å². The third kappa shape index (κ3) is 4.97. The third-order valence-electron chi connectivity index (χ3n) is 4.27. The van der Waals surface area contributed by atoms with Gasteiger partial charge in [-0.25, -0.2) is 0 Å². The van der Waals surface area contributed by atoms with Crippen molar-refractivity contribution in [1.82, 2.24) is 10.6 Å². The molecule has 1 aliphatic rings. The molecule has 2 atom stereocenters. The fourth-order valence-electron chi connectivity index (χ4n) is 2.68. The summed E-state index contributed by atoms with van der Waals surface area (Å²) < 4.78 is 0. The molecule has 3 heteroatoms. The molecule has 0 bridgehead atoms. The predicted molar refractivity (Wildman–Crippen MR) is 76.6 cm³/mol. The molecule has 1 saturated carbocycles. The van der Waals surface area contributed by atoms with Crippen LogP contribution in [0.3, 0.4) is 0 Å². The highest BCUT2D eigenvalue weighted by atomic mass is 16.1. The average Bonchev–Trinajstić information content (AvgIpc) is 2.31. The predicted octanol–water partition coefficient (Wildman–Crippen LogP) is 2.85. The van der Waals surface area contributed by atoms with E-state index < -0.39 is 0 Å². The van der Waals surface area contributed by atoms with Gasteiger partial charge in [0.2, 0.25) is 5.91 Å². The van der Waals surface area contributed by atoms with Crippen molar-refractivity contribution in [3.05, 3.63) is 0 Å². The molecule has 0 aromatic rings. The van der Waals surface area contributed by atoms with Crippen LogP contribution in [-0.4, -0.2) is 24.5 Å². The Morgan fingerprint density at radius 1 is 1.39 bits per heavy atom. The second kappa shape index (κ2) is 7.13. The maximum Gasteiger partial charge on any atom is 0.221 e. The van der Waals surface area contributed by atoms with Gasteiger partial charge in [0.05, 0.1) is 0 Å². The molecule has 1 rings (SSSR count). The number of carbonyl (C=O) groups is 1. The van der Waals surface area contributed by atoms with Crippen molar-refractivity contribution in [2.24, 2.45) is 5.41 Å². The van der Waals surface area contributed by atoms with Crippen molar-refractivity contribution in [3.8, 4) is 0 Å². The smallest absolute Gasteiger partial charge is 0.221 e. The minimum absolute atomic E-state index is 0.172. The molecule has 106 valence electrons. The van der Waals surface area contributed by atoms with Crippen molar-refractivity contribution < 1.29 is 4.79 Å². The molecule has 18 heavy (non-hydrogen) atoms. The molecule has 0 heterocycles. The number of carbonyl (C=O) groups excluding carboxylic acids is 1. The molecule has 0 spiro atoms. The summed E-state index contributed by atoms with van der Waals surface area (Å²) in [4.78, 5) is 11.7. The van der Waals surface area contributed by atoms with Crippen LogP contribution in [0, 0.1) is 5.41 Å². The Hall–Kier alpha value is -0.570. The van der Waals surface area contributed by atoms with Gasteiger partial charge < -0.3 is 10.6 Å². The lowest BCUT2D eigenvalue weighted by Crippen LogP contribution is -2.45. The van der Waals surface area contributed by atoms with Crippen LogP contribution in [-0.2, 0) is 4.79 Å². The zero-order valence-corrected chi connectivity index (χ0v) is 12.5. The standard InChI is InChI=1S/C15H30N2O/c1-5-12(2)17-14(18)9-11-16-13-8-6-7-10-15(13,3)4/h12-13,16H,5-11H2,1-4H3,(H,17,18). The molecule has 0 radical (unpaired) electrons. The van der Waals surface area contributed by atoms with Crippen molar-refractivity contribution in [1.29, 1.82) is 0 Å². The molecule has 1 amide bonds. The van der Waals surface area contributed by atoms with Crippen LogP contribution < -0.4 is 10.6 Å². The van der Waals surface area contributed by atoms with Crippen molar-refractivity contribution in [2.45, 2.75) is 78.3 Å². The normalized spacial score (nSPS) is 24.6. The van der Waals surface area contributed by atoms with E-state index in [0.717, 1.165) is 13.0 Å². The summed E-state index contributed by atoms with van der Waals surface area (Å²) in [5.41, 5.74) is 0.380. The van der Waals surface area contributed by atoms with E-state index in [1.54, 1.807) is 0 Å². The van der Waals surface area contributed by atoms with Gasteiger partial charge in [0.1, 0.15) is 0 Å². The van der Waals surface area contributed by atoms with Gasteiger partial charge in [-0.3, -0.25) is 4.79 Å². The van der Waals surface area contributed by atoms with Crippen LogP contribution in [0.1, 0.15) is 66.2 Å². The zero-order chi connectivity index (χ0) is 13.6. The zero-order valence-electron chi connectivity index (χ0n) is 12.5.